The largest absolute Gasteiger partial charge is 0.352 e. The number of rotatable bonds is 4. The van der Waals surface area contributed by atoms with Crippen molar-refractivity contribution in [3.05, 3.63) is 63.5 Å². The van der Waals surface area contributed by atoms with E-state index in [1.807, 2.05) is 0 Å². The third kappa shape index (κ3) is 3.36. The Morgan fingerprint density at radius 3 is 2.96 bits per heavy atom. The molecular weight excluding hydrogens is 349 g/mol. The van der Waals surface area contributed by atoms with Gasteiger partial charge in [-0.05, 0) is 23.8 Å². The highest BCUT2D eigenvalue weighted by Crippen LogP contribution is 2.20. The Morgan fingerprint density at radius 2 is 2.28 bits per heavy atom. The van der Waals surface area contributed by atoms with E-state index in [1.54, 1.807) is 6.07 Å². The van der Waals surface area contributed by atoms with Crippen LogP contribution in [0.3, 0.4) is 0 Å². The molecule has 1 amide bonds. The number of hydrogen-bond donors (Lipinski definition) is 1. The van der Waals surface area contributed by atoms with Gasteiger partial charge in [0.15, 0.2) is 0 Å². The van der Waals surface area contributed by atoms with Crippen LogP contribution in [0.4, 0.5) is 4.39 Å². The van der Waals surface area contributed by atoms with Gasteiger partial charge < -0.3 is 5.32 Å². The monoisotopic (exact) mass is 359 g/mol. The molecule has 3 rings (SSSR count). The minimum absolute atomic E-state index is 0.0467. The van der Waals surface area contributed by atoms with Gasteiger partial charge in [-0.25, -0.2) is 23.3 Å². The number of halogens is 2. The molecule has 9 heteroatoms. The van der Waals surface area contributed by atoms with Gasteiger partial charge in [0.1, 0.15) is 18.4 Å². The maximum Gasteiger partial charge on any atom is 0.352 e. The number of benzene rings is 1. The lowest BCUT2D eigenvalue weighted by Crippen LogP contribution is -2.34. The molecule has 25 heavy (non-hydrogen) atoms. The highest BCUT2D eigenvalue weighted by molar-refractivity contribution is 6.30. The third-order valence-electron chi connectivity index (χ3n) is 3.41. The van der Waals surface area contributed by atoms with E-state index in [1.165, 1.54) is 28.9 Å². The summed E-state index contributed by atoms with van der Waals surface area (Å²) in [5.41, 5.74) is -0.144. The summed E-state index contributed by atoms with van der Waals surface area (Å²) in [6.45, 7) is -0.351. The van der Waals surface area contributed by atoms with Crippen molar-refractivity contribution >= 4 is 23.3 Å². The van der Waals surface area contributed by atoms with Gasteiger partial charge in [0.05, 0.1) is 5.02 Å². The first-order valence-corrected chi connectivity index (χ1v) is 7.48. The SMILES string of the molecule is C#C[C@H](NC(=O)Cn1nc2ncccn2c1=O)c1ccc(Cl)c(F)c1. The van der Waals surface area contributed by atoms with Gasteiger partial charge in [0.25, 0.3) is 5.78 Å². The van der Waals surface area contributed by atoms with Gasteiger partial charge in [-0.1, -0.05) is 23.6 Å². The predicted octanol–water partition coefficient (Wildman–Crippen LogP) is 1.17. The number of amides is 1. The zero-order valence-corrected chi connectivity index (χ0v) is 13.4. The maximum atomic E-state index is 13.6. The van der Waals surface area contributed by atoms with Crippen molar-refractivity contribution in [1.29, 1.82) is 0 Å². The average molecular weight is 360 g/mol. The molecule has 0 fully saturated rings. The van der Waals surface area contributed by atoms with Gasteiger partial charge in [0.2, 0.25) is 5.91 Å². The summed E-state index contributed by atoms with van der Waals surface area (Å²) in [5, 5.41) is 6.44. The maximum absolute atomic E-state index is 13.6. The van der Waals surface area contributed by atoms with E-state index in [2.05, 4.69) is 21.3 Å². The fourth-order valence-corrected chi connectivity index (χ4v) is 2.34. The van der Waals surface area contributed by atoms with Crippen LogP contribution in [0.5, 0.6) is 0 Å². The van der Waals surface area contributed by atoms with Gasteiger partial charge in [-0.3, -0.25) is 4.79 Å². The molecule has 1 atom stereocenters. The number of carbonyl (C=O) groups is 1. The van der Waals surface area contributed by atoms with Crippen molar-refractivity contribution in [2.75, 3.05) is 0 Å². The summed E-state index contributed by atoms with van der Waals surface area (Å²) < 4.78 is 15.7. The van der Waals surface area contributed by atoms with Crippen LogP contribution >= 0.6 is 11.6 Å². The second-order valence-corrected chi connectivity index (χ2v) is 5.48. The molecule has 0 aliphatic carbocycles. The van der Waals surface area contributed by atoms with Gasteiger partial charge in [0, 0.05) is 12.4 Å². The van der Waals surface area contributed by atoms with Crippen molar-refractivity contribution in [2.24, 2.45) is 0 Å². The van der Waals surface area contributed by atoms with Crippen molar-refractivity contribution < 1.29 is 9.18 Å². The van der Waals surface area contributed by atoms with Crippen LogP contribution in [0.2, 0.25) is 5.02 Å². The van der Waals surface area contributed by atoms with Crippen LogP contribution in [0.25, 0.3) is 5.78 Å². The summed E-state index contributed by atoms with van der Waals surface area (Å²) >= 11 is 5.63. The van der Waals surface area contributed by atoms with Crippen LogP contribution < -0.4 is 11.0 Å². The van der Waals surface area contributed by atoms with Crippen LogP contribution in [0, 0.1) is 18.2 Å². The molecule has 3 aromatic rings. The number of nitrogens with zero attached hydrogens (tertiary/aromatic N) is 4. The van der Waals surface area contributed by atoms with Crippen molar-refractivity contribution in [1.82, 2.24) is 24.5 Å². The molecular formula is C16H11ClFN5O2. The van der Waals surface area contributed by atoms with E-state index in [4.69, 9.17) is 18.0 Å². The summed E-state index contributed by atoms with van der Waals surface area (Å²) in [4.78, 5) is 28.2. The number of aromatic nitrogens is 4. The Hall–Kier alpha value is -3.18. The van der Waals surface area contributed by atoms with Crippen LogP contribution in [-0.2, 0) is 11.3 Å². The third-order valence-corrected chi connectivity index (χ3v) is 3.71. The minimum Gasteiger partial charge on any atom is -0.337 e. The van der Waals surface area contributed by atoms with Gasteiger partial charge in [-0.15, -0.1) is 11.5 Å². The van der Waals surface area contributed by atoms with E-state index < -0.39 is 23.5 Å². The Morgan fingerprint density at radius 1 is 1.48 bits per heavy atom. The fourth-order valence-electron chi connectivity index (χ4n) is 2.22. The summed E-state index contributed by atoms with van der Waals surface area (Å²) in [7, 11) is 0. The molecule has 1 N–H and O–H groups in total. The van der Waals surface area contributed by atoms with Crippen molar-refractivity contribution in [2.45, 2.75) is 12.6 Å². The second kappa shape index (κ2) is 6.75. The molecule has 2 heterocycles. The smallest absolute Gasteiger partial charge is 0.337 e. The standard InChI is InChI=1S/C16H11ClFN5O2/c1-2-13(10-4-5-11(17)12(18)8-10)20-14(24)9-23-16(25)22-7-3-6-19-15(22)21-23/h1,3-8,13H,9H2,(H,20,24)/t13-/m0/s1. The van der Waals surface area contributed by atoms with E-state index in [0.717, 1.165) is 10.7 Å². The topological polar surface area (TPSA) is 81.3 Å². The van der Waals surface area contributed by atoms with Crippen LogP contribution in [0.1, 0.15) is 11.6 Å². The molecule has 7 nitrogen and oxygen atoms in total. The van der Waals surface area contributed by atoms with Crippen molar-refractivity contribution in [3.63, 3.8) is 0 Å². The van der Waals surface area contributed by atoms with Crippen molar-refractivity contribution in [3.8, 4) is 12.3 Å². The van der Waals surface area contributed by atoms with E-state index in [-0.39, 0.29) is 17.3 Å². The molecule has 0 unspecified atom stereocenters. The first kappa shape index (κ1) is 16.7. The zero-order chi connectivity index (χ0) is 18.0. The number of hydrogen-bond acceptors (Lipinski definition) is 4. The minimum atomic E-state index is -0.870. The summed E-state index contributed by atoms with van der Waals surface area (Å²) in [6.07, 6.45) is 8.38. The lowest BCUT2D eigenvalue weighted by atomic mass is 10.1. The Bertz CT molecular complexity index is 1050. The Balaban J connectivity index is 1.78. The highest BCUT2D eigenvalue weighted by atomic mass is 35.5. The predicted molar refractivity (Wildman–Crippen MR) is 88.4 cm³/mol. The molecule has 0 bridgehead atoms. The number of fused-ring (bicyclic) bond motifs is 1. The molecule has 0 radical (unpaired) electrons. The van der Waals surface area contributed by atoms with Gasteiger partial charge >= 0.3 is 5.69 Å². The van der Waals surface area contributed by atoms with E-state index in [0.29, 0.717) is 5.56 Å². The molecule has 1 aromatic carbocycles. The number of terminal acetylenes is 1. The van der Waals surface area contributed by atoms with Crippen LogP contribution in [-0.4, -0.2) is 25.1 Å². The van der Waals surface area contributed by atoms with E-state index in [9.17, 15) is 14.0 Å². The lowest BCUT2D eigenvalue weighted by Gasteiger charge is -2.13. The molecule has 0 aliphatic rings. The first-order chi connectivity index (χ1) is 12.0. The molecule has 0 aliphatic heterocycles. The summed E-state index contributed by atoms with van der Waals surface area (Å²) in [6, 6.07) is 4.71. The summed E-state index contributed by atoms with van der Waals surface area (Å²) in [5.74, 6) is 1.34. The fraction of sp³-hybridized carbons (Fsp3) is 0.125. The molecule has 0 saturated heterocycles. The zero-order valence-electron chi connectivity index (χ0n) is 12.7. The molecule has 2 aromatic heterocycles. The van der Waals surface area contributed by atoms with Crippen LogP contribution in [0.15, 0.2) is 41.5 Å². The Labute approximate surface area is 146 Å². The Kier molecular flexibility index (Phi) is 4.50. The van der Waals surface area contributed by atoms with Gasteiger partial charge in [-0.2, -0.15) is 0 Å². The molecule has 0 saturated carbocycles. The normalized spacial score (nSPS) is 11.9. The number of nitrogens with one attached hydrogen (secondary N) is 1. The first-order valence-electron chi connectivity index (χ1n) is 7.10. The second-order valence-electron chi connectivity index (χ2n) is 5.07. The lowest BCUT2D eigenvalue weighted by molar-refractivity contribution is -0.122. The highest BCUT2D eigenvalue weighted by Gasteiger charge is 2.16. The molecule has 0 spiro atoms. The van der Waals surface area contributed by atoms with E-state index >= 15 is 0 Å². The quantitative estimate of drug-likeness (QED) is 0.709. The molecule has 126 valence electrons. The number of carbonyl (C=O) groups excluding carboxylic acids is 1. The average Bonchev–Trinajstić information content (AvgIpc) is 2.91.